The van der Waals surface area contributed by atoms with E-state index >= 15 is 0 Å². The monoisotopic (exact) mass is 215 g/mol. The van der Waals surface area contributed by atoms with Crippen LogP contribution in [0.5, 0.6) is 0 Å². The van der Waals surface area contributed by atoms with Crippen molar-refractivity contribution in [3.63, 3.8) is 0 Å². The molecule has 1 aliphatic heterocycles. The molecule has 1 rings (SSSR count). The predicted octanol–water partition coefficient (Wildman–Crippen LogP) is 1.73. The third-order valence-corrected chi connectivity index (χ3v) is 1.84. The van der Waals surface area contributed by atoms with Gasteiger partial charge in [-0.05, 0) is 6.92 Å². The van der Waals surface area contributed by atoms with E-state index in [0.29, 0.717) is 4.90 Å². The van der Waals surface area contributed by atoms with Gasteiger partial charge < -0.3 is 4.74 Å². The van der Waals surface area contributed by atoms with Gasteiger partial charge in [0.15, 0.2) is 0 Å². The molecule has 0 bridgehead atoms. The molecule has 82 valence electrons. The number of hydrogen-bond acceptors (Lipinski definition) is 2. The lowest BCUT2D eigenvalue weighted by Crippen LogP contribution is -2.38. The Labute approximate surface area is 77.6 Å². The number of carbonyl (C=O) groups is 1. The third-order valence-electron chi connectivity index (χ3n) is 1.84. The Kier molecular flexibility index (Phi) is 2.60. The molecule has 0 N–H and O–H groups in total. The highest BCUT2D eigenvalue weighted by Gasteiger charge is 2.64. The van der Waals surface area contributed by atoms with Crippen molar-refractivity contribution in [2.75, 3.05) is 19.7 Å². The zero-order valence-electron chi connectivity index (χ0n) is 7.40. The molecule has 0 spiro atoms. The van der Waals surface area contributed by atoms with Crippen LogP contribution in [0.15, 0.2) is 0 Å². The summed E-state index contributed by atoms with van der Waals surface area (Å²) in [5.74, 6) is -8.33. The summed E-state index contributed by atoms with van der Waals surface area (Å²) in [6, 6.07) is 0. The number of alkyl halides is 4. The molecule has 1 aliphatic rings. The van der Waals surface area contributed by atoms with E-state index in [1.807, 2.05) is 0 Å². The second kappa shape index (κ2) is 3.29. The lowest BCUT2D eigenvalue weighted by molar-refractivity contribution is -0.172. The highest BCUT2D eigenvalue weighted by Crippen LogP contribution is 2.40. The molecule has 1 heterocycles. The van der Waals surface area contributed by atoms with Crippen LogP contribution in [0.3, 0.4) is 0 Å². The molecule has 0 radical (unpaired) electrons. The van der Waals surface area contributed by atoms with E-state index in [-0.39, 0.29) is 6.61 Å². The van der Waals surface area contributed by atoms with Gasteiger partial charge in [0.05, 0.1) is 19.7 Å². The van der Waals surface area contributed by atoms with Crippen LogP contribution in [-0.2, 0) is 4.74 Å². The zero-order chi connectivity index (χ0) is 11.0. The van der Waals surface area contributed by atoms with E-state index in [1.54, 1.807) is 0 Å². The van der Waals surface area contributed by atoms with Gasteiger partial charge in [-0.15, -0.1) is 0 Å². The normalized spacial score (nSPS) is 23.6. The molecule has 0 atom stereocenters. The maximum absolute atomic E-state index is 12.6. The summed E-state index contributed by atoms with van der Waals surface area (Å²) in [6.45, 7) is -1.16. The molecule has 0 aliphatic carbocycles. The lowest BCUT2D eigenvalue weighted by atomic mass is 10.2. The number of rotatable bonds is 1. The van der Waals surface area contributed by atoms with Crippen molar-refractivity contribution in [1.82, 2.24) is 4.90 Å². The number of likely N-dealkylation sites (tertiary alicyclic amines) is 1. The molecule has 7 heteroatoms. The molecular formula is C7H9F4NO2. The summed E-state index contributed by atoms with van der Waals surface area (Å²) in [6.07, 6.45) is -1.13. The van der Waals surface area contributed by atoms with Crippen molar-refractivity contribution in [1.29, 1.82) is 0 Å². The molecule has 3 nitrogen and oxygen atoms in total. The molecule has 0 aromatic carbocycles. The summed E-state index contributed by atoms with van der Waals surface area (Å²) < 4.78 is 54.6. The summed E-state index contributed by atoms with van der Waals surface area (Å²) in [5, 5.41) is 0. The van der Waals surface area contributed by atoms with E-state index < -0.39 is 31.0 Å². The van der Waals surface area contributed by atoms with Gasteiger partial charge in [0.1, 0.15) is 0 Å². The Morgan fingerprint density at radius 2 is 1.71 bits per heavy atom. The maximum Gasteiger partial charge on any atom is 0.410 e. The van der Waals surface area contributed by atoms with Crippen LogP contribution in [0.25, 0.3) is 0 Å². The molecule has 1 saturated heterocycles. The standard InChI is InChI=1S/C7H9F4NO2/c1-2-14-5(13)12-3-6(8,9)7(10,11)4-12/h2-4H2,1H3. The van der Waals surface area contributed by atoms with E-state index in [4.69, 9.17) is 0 Å². The predicted molar refractivity (Wildman–Crippen MR) is 38.5 cm³/mol. The topological polar surface area (TPSA) is 29.5 Å². The largest absolute Gasteiger partial charge is 0.450 e. The first kappa shape index (κ1) is 11.1. The Hall–Kier alpha value is -1.01. The summed E-state index contributed by atoms with van der Waals surface area (Å²) in [4.78, 5) is 11.2. The second-order valence-electron chi connectivity index (χ2n) is 2.96. The SMILES string of the molecule is CCOC(=O)N1CC(F)(F)C(F)(F)C1. The summed E-state index contributed by atoms with van der Waals surface area (Å²) >= 11 is 0. The average Bonchev–Trinajstić information content (AvgIpc) is 2.22. The number of hydrogen-bond donors (Lipinski definition) is 0. The van der Waals surface area contributed by atoms with Crippen molar-refractivity contribution < 1.29 is 27.1 Å². The van der Waals surface area contributed by atoms with Gasteiger partial charge >= 0.3 is 17.9 Å². The second-order valence-corrected chi connectivity index (χ2v) is 2.96. The highest BCUT2D eigenvalue weighted by molar-refractivity contribution is 5.68. The smallest absolute Gasteiger partial charge is 0.410 e. The fraction of sp³-hybridized carbons (Fsp3) is 0.857. The van der Waals surface area contributed by atoms with Gasteiger partial charge in [-0.2, -0.15) is 17.6 Å². The van der Waals surface area contributed by atoms with Crippen LogP contribution in [0.4, 0.5) is 22.4 Å². The first-order valence-corrected chi connectivity index (χ1v) is 3.97. The maximum atomic E-state index is 12.6. The summed E-state index contributed by atoms with van der Waals surface area (Å²) in [7, 11) is 0. The van der Waals surface area contributed by atoms with E-state index in [1.165, 1.54) is 6.92 Å². The number of amides is 1. The molecule has 0 saturated carbocycles. The minimum absolute atomic E-state index is 0.0352. The number of nitrogens with zero attached hydrogens (tertiary/aromatic N) is 1. The molecule has 0 unspecified atom stereocenters. The number of ether oxygens (including phenoxy) is 1. The fourth-order valence-corrected chi connectivity index (χ4v) is 1.11. The molecule has 1 amide bonds. The quantitative estimate of drug-likeness (QED) is 0.623. The van der Waals surface area contributed by atoms with Gasteiger partial charge in [-0.3, -0.25) is 4.90 Å². The van der Waals surface area contributed by atoms with E-state index in [2.05, 4.69) is 4.74 Å². The first-order chi connectivity index (χ1) is 6.30. The van der Waals surface area contributed by atoms with Gasteiger partial charge in [-0.1, -0.05) is 0 Å². The molecular weight excluding hydrogens is 206 g/mol. The van der Waals surface area contributed by atoms with Crippen molar-refractivity contribution in [2.45, 2.75) is 18.8 Å². The van der Waals surface area contributed by atoms with Crippen molar-refractivity contribution in [3.05, 3.63) is 0 Å². The molecule has 14 heavy (non-hydrogen) atoms. The first-order valence-electron chi connectivity index (χ1n) is 3.97. The van der Waals surface area contributed by atoms with E-state index in [9.17, 15) is 22.4 Å². The van der Waals surface area contributed by atoms with Gasteiger partial charge in [0.2, 0.25) is 0 Å². The molecule has 1 fully saturated rings. The Balaban J connectivity index is 2.68. The Morgan fingerprint density at radius 3 is 2.07 bits per heavy atom. The third kappa shape index (κ3) is 1.76. The van der Waals surface area contributed by atoms with Gasteiger partial charge in [0.25, 0.3) is 0 Å². The number of carbonyl (C=O) groups excluding carboxylic acids is 1. The number of halogens is 4. The Morgan fingerprint density at radius 1 is 1.29 bits per heavy atom. The van der Waals surface area contributed by atoms with Crippen molar-refractivity contribution in [3.8, 4) is 0 Å². The minimum atomic E-state index is -4.17. The van der Waals surface area contributed by atoms with Crippen LogP contribution in [-0.4, -0.2) is 42.5 Å². The van der Waals surface area contributed by atoms with Gasteiger partial charge in [0, 0.05) is 0 Å². The fourth-order valence-electron chi connectivity index (χ4n) is 1.11. The van der Waals surface area contributed by atoms with E-state index in [0.717, 1.165) is 0 Å². The van der Waals surface area contributed by atoms with Crippen molar-refractivity contribution in [2.24, 2.45) is 0 Å². The Bertz CT molecular complexity index is 228. The van der Waals surface area contributed by atoms with Crippen LogP contribution in [0, 0.1) is 0 Å². The highest BCUT2D eigenvalue weighted by atomic mass is 19.3. The van der Waals surface area contributed by atoms with Crippen LogP contribution in [0.1, 0.15) is 6.92 Å². The molecule has 0 aromatic heterocycles. The van der Waals surface area contributed by atoms with Gasteiger partial charge in [-0.25, -0.2) is 4.79 Å². The van der Waals surface area contributed by atoms with Crippen LogP contribution < -0.4 is 0 Å². The minimum Gasteiger partial charge on any atom is -0.450 e. The van der Waals surface area contributed by atoms with Crippen molar-refractivity contribution >= 4 is 6.09 Å². The van der Waals surface area contributed by atoms with Crippen LogP contribution in [0.2, 0.25) is 0 Å². The van der Waals surface area contributed by atoms with Crippen LogP contribution >= 0.6 is 0 Å². The zero-order valence-corrected chi connectivity index (χ0v) is 7.40. The lowest BCUT2D eigenvalue weighted by Gasteiger charge is -2.14. The molecule has 0 aromatic rings. The average molecular weight is 215 g/mol. The summed E-state index contributed by atoms with van der Waals surface area (Å²) in [5.41, 5.74) is 0.